The van der Waals surface area contributed by atoms with Crippen molar-refractivity contribution < 1.29 is 32.4 Å². The number of aryl methyl sites for hydroxylation is 1. The minimum absolute atomic E-state index is 0.0134. The summed E-state index contributed by atoms with van der Waals surface area (Å²) in [5.74, 6) is -1.38. The number of benzene rings is 1. The molecule has 0 saturated carbocycles. The molecule has 0 atom stereocenters. The van der Waals surface area contributed by atoms with Crippen LogP contribution in [-0.2, 0) is 18.0 Å². The first kappa shape index (κ1) is 19.6. The lowest BCUT2D eigenvalue weighted by Crippen LogP contribution is -2.10. The molecule has 0 amide bonds. The molecule has 0 unspecified atom stereocenters. The Kier molecular flexibility index (Phi) is 5.45. The third kappa shape index (κ3) is 3.90. The molecule has 11 heteroatoms. The fourth-order valence-electron chi connectivity index (χ4n) is 2.20. The van der Waals surface area contributed by atoms with Gasteiger partial charge in [-0.05, 0) is 13.0 Å². The summed E-state index contributed by atoms with van der Waals surface area (Å²) < 4.78 is 49.7. The van der Waals surface area contributed by atoms with Gasteiger partial charge in [0.25, 0.3) is 5.69 Å². The number of hydrogen-bond acceptors (Lipinski definition) is 5. The Morgan fingerprint density at radius 3 is 2.54 bits per heavy atom. The number of nitro groups is 1. The second-order valence-corrected chi connectivity index (χ2v) is 5.40. The maximum Gasteiger partial charge on any atom is 0.433 e. The van der Waals surface area contributed by atoms with E-state index in [-0.39, 0.29) is 18.1 Å². The third-order valence-corrected chi connectivity index (χ3v) is 3.61. The van der Waals surface area contributed by atoms with Crippen LogP contribution in [0.25, 0.3) is 0 Å². The molecule has 0 radical (unpaired) electrons. The van der Waals surface area contributed by atoms with Gasteiger partial charge in [-0.2, -0.15) is 13.2 Å². The van der Waals surface area contributed by atoms with Crippen LogP contribution < -0.4 is 4.74 Å². The van der Waals surface area contributed by atoms with Gasteiger partial charge in [0.1, 0.15) is 22.0 Å². The topological polar surface area (TPSA) is 83.6 Å². The molecule has 7 nitrogen and oxygen atoms in total. The molecule has 0 N–H and O–H groups in total. The molecule has 1 heterocycles. The SMILES string of the molecule is CCOC(=O)c1cc(Oc2cn(C)c(C(F)(F)F)c2Cl)ccc1[N+](=O)[O-]. The molecule has 0 bridgehead atoms. The number of carbonyl (C=O) groups is 1. The van der Waals surface area contributed by atoms with Crippen molar-refractivity contribution in [3.63, 3.8) is 0 Å². The van der Waals surface area contributed by atoms with E-state index in [1.165, 1.54) is 6.92 Å². The number of halogens is 4. The van der Waals surface area contributed by atoms with Gasteiger partial charge in [-0.15, -0.1) is 0 Å². The van der Waals surface area contributed by atoms with Gasteiger partial charge < -0.3 is 14.0 Å². The number of carbonyl (C=O) groups excluding carboxylic acids is 1. The molecule has 1 aromatic carbocycles. The molecule has 0 aliphatic carbocycles. The summed E-state index contributed by atoms with van der Waals surface area (Å²) in [5.41, 5.74) is -2.02. The molecule has 140 valence electrons. The van der Waals surface area contributed by atoms with E-state index in [1.54, 1.807) is 0 Å². The normalized spacial score (nSPS) is 11.3. The van der Waals surface area contributed by atoms with Gasteiger partial charge in [0.15, 0.2) is 5.75 Å². The Labute approximate surface area is 150 Å². The van der Waals surface area contributed by atoms with Crippen LogP contribution in [0.1, 0.15) is 23.0 Å². The van der Waals surface area contributed by atoms with Crippen molar-refractivity contribution in [3.05, 3.63) is 50.8 Å². The summed E-state index contributed by atoms with van der Waals surface area (Å²) in [4.78, 5) is 22.1. The van der Waals surface area contributed by atoms with Crippen LogP contribution in [0.2, 0.25) is 5.02 Å². The number of hydrogen-bond donors (Lipinski definition) is 0. The minimum Gasteiger partial charge on any atom is -0.462 e. The highest BCUT2D eigenvalue weighted by atomic mass is 35.5. The first-order valence-electron chi connectivity index (χ1n) is 7.11. The molecule has 0 saturated heterocycles. The van der Waals surface area contributed by atoms with Crippen LogP contribution in [0.4, 0.5) is 18.9 Å². The zero-order valence-corrected chi connectivity index (χ0v) is 14.2. The van der Waals surface area contributed by atoms with Gasteiger partial charge in [-0.1, -0.05) is 11.6 Å². The van der Waals surface area contributed by atoms with Crippen molar-refractivity contribution in [1.82, 2.24) is 4.57 Å². The van der Waals surface area contributed by atoms with E-state index in [4.69, 9.17) is 21.1 Å². The highest BCUT2D eigenvalue weighted by Crippen LogP contribution is 2.42. The van der Waals surface area contributed by atoms with Crippen molar-refractivity contribution >= 4 is 23.3 Å². The van der Waals surface area contributed by atoms with E-state index in [1.807, 2.05) is 0 Å². The summed E-state index contributed by atoms with van der Waals surface area (Å²) in [6, 6.07) is 3.13. The van der Waals surface area contributed by atoms with E-state index >= 15 is 0 Å². The van der Waals surface area contributed by atoms with E-state index in [0.29, 0.717) is 0 Å². The fraction of sp³-hybridized carbons (Fsp3) is 0.267. The number of nitro benzene ring substituents is 1. The summed E-state index contributed by atoms with van der Waals surface area (Å²) in [6.45, 7) is 1.51. The lowest BCUT2D eigenvalue weighted by atomic mass is 10.1. The standard InChI is InChI=1S/C15H12ClF3N2O5/c1-3-25-14(22)9-6-8(4-5-10(9)21(23)24)26-11-7-20(2)13(12(11)16)15(17,18)19/h4-7H,3H2,1-2H3. The number of alkyl halides is 3. The molecule has 0 spiro atoms. The molecular formula is C15H12ClF3N2O5. The number of nitrogens with zero attached hydrogens (tertiary/aromatic N) is 2. The van der Waals surface area contributed by atoms with Crippen LogP contribution in [0.5, 0.6) is 11.5 Å². The number of rotatable bonds is 5. The molecule has 1 aromatic heterocycles. The van der Waals surface area contributed by atoms with E-state index in [0.717, 1.165) is 36.0 Å². The maximum absolute atomic E-state index is 13.0. The van der Waals surface area contributed by atoms with Gasteiger partial charge in [-0.3, -0.25) is 10.1 Å². The Hall–Kier alpha value is -2.75. The molecule has 0 aliphatic heterocycles. The highest BCUT2D eigenvalue weighted by Gasteiger charge is 2.38. The summed E-state index contributed by atoms with van der Waals surface area (Å²) >= 11 is 5.73. The van der Waals surface area contributed by atoms with Gasteiger partial charge in [0.05, 0.1) is 11.5 Å². The van der Waals surface area contributed by atoms with Crippen molar-refractivity contribution in [3.8, 4) is 11.5 Å². The first-order chi connectivity index (χ1) is 12.1. The first-order valence-corrected chi connectivity index (χ1v) is 7.49. The lowest BCUT2D eigenvalue weighted by molar-refractivity contribution is -0.385. The molecule has 0 aliphatic rings. The Balaban J connectivity index is 2.44. The average Bonchev–Trinajstić information content (AvgIpc) is 2.81. The number of esters is 1. The second-order valence-electron chi connectivity index (χ2n) is 5.02. The number of ether oxygens (including phenoxy) is 2. The second kappa shape index (κ2) is 7.24. The summed E-state index contributed by atoms with van der Waals surface area (Å²) in [6.07, 6.45) is -3.68. The van der Waals surface area contributed by atoms with Crippen molar-refractivity contribution in [2.24, 2.45) is 7.05 Å². The van der Waals surface area contributed by atoms with Crippen molar-refractivity contribution in [2.45, 2.75) is 13.1 Å². The predicted octanol–water partition coefficient (Wildman–Crippen LogP) is 4.57. The fourth-order valence-corrected chi connectivity index (χ4v) is 2.53. The van der Waals surface area contributed by atoms with E-state index < -0.39 is 39.0 Å². The Morgan fingerprint density at radius 1 is 1.38 bits per heavy atom. The Bertz CT molecular complexity index is 864. The molecule has 0 fully saturated rings. The largest absolute Gasteiger partial charge is 0.462 e. The lowest BCUT2D eigenvalue weighted by Gasteiger charge is -2.08. The number of aromatic nitrogens is 1. The molecular weight excluding hydrogens is 381 g/mol. The van der Waals surface area contributed by atoms with Crippen LogP contribution in [-0.4, -0.2) is 22.1 Å². The summed E-state index contributed by atoms with van der Waals surface area (Å²) in [5, 5.41) is 10.3. The van der Waals surface area contributed by atoms with Crippen LogP contribution in [0, 0.1) is 10.1 Å². The maximum atomic E-state index is 13.0. The molecule has 2 rings (SSSR count). The quantitative estimate of drug-likeness (QED) is 0.422. The minimum atomic E-state index is -4.70. The van der Waals surface area contributed by atoms with Gasteiger partial charge in [-0.25, -0.2) is 4.79 Å². The predicted molar refractivity (Wildman–Crippen MR) is 84.6 cm³/mol. The summed E-state index contributed by atoms with van der Waals surface area (Å²) in [7, 11) is 1.14. The zero-order valence-electron chi connectivity index (χ0n) is 13.5. The smallest absolute Gasteiger partial charge is 0.433 e. The zero-order chi connectivity index (χ0) is 19.6. The Morgan fingerprint density at radius 2 is 2.04 bits per heavy atom. The monoisotopic (exact) mass is 392 g/mol. The molecule has 26 heavy (non-hydrogen) atoms. The van der Waals surface area contributed by atoms with E-state index in [9.17, 15) is 28.1 Å². The van der Waals surface area contributed by atoms with Gasteiger partial charge in [0.2, 0.25) is 0 Å². The van der Waals surface area contributed by atoms with Gasteiger partial charge >= 0.3 is 12.1 Å². The van der Waals surface area contributed by atoms with Crippen molar-refractivity contribution in [1.29, 1.82) is 0 Å². The average molecular weight is 393 g/mol. The van der Waals surface area contributed by atoms with Crippen molar-refractivity contribution in [2.75, 3.05) is 6.61 Å². The van der Waals surface area contributed by atoms with E-state index in [2.05, 4.69) is 0 Å². The van der Waals surface area contributed by atoms with Crippen LogP contribution >= 0.6 is 11.6 Å². The van der Waals surface area contributed by atoms with Crippen LogP contribution in [0.15, 0.2) is 24.4 Å². The van der Waals surface area contributed by atoms with Crippen LogP contribution in [0.3, 0.4) is 0 Å². The van der Waals surface area contributed by atoms with Gasteiger partial charge in [0, 0.05) is 25.4 Å². The third-order valence-electron chi connectivity index (χ3n) is 3.24. The highest BCUT2D eigenvalue weighted by molar-refractivity contribution is 6.32. The molecule has 2 aromatic rings.